The molecule has 1 saturated carbocycles. The van der Waals surface area contributed by atoms with E-state index in [9.17, 15) is 0 Å². The molecule has 0 unspecified atom stereocenters. The zero-order valence-electron chi connectivity index (χ0n) is 10.3. The Morgan fingerprint density at radius 2 is 2.24 bits per heavy atom. The number of thiocarbonyl (C=S) groups is 1. The average molecular weight is 266 g/mol. The Hall–Kier alpha value is -0.740. The van der Waals surface area contributed by atoms with Gasteiger partial charge in [0.2, 0.25) is 0 Å². The molecule has 0 atom stereocenters. The molecule has 2 N–H and O–H groups in total. The van der Waals surface area contributed by atoms with Crippen LogP contribution in [0, 0.1) is 0 Å². The monoisotopic (exact) mass is 266 g/mol. The second-order valence-electron chi connectivity index (χ2n) is 4.29. The Balaban J connectivity index is 2.42. The van der Waals surface area contributed by atoms with Crippen LogP contribution in [0.25, 0.3) is 0 Å². The van der Waals surface area contributed by atoms with E-state index in [1.807, 2.05) is 0 Å². The van der Waals surface area contributed by atoms with Crippen molar-refractivity contribution in [1.29, 1.82) is 0 Å². The van der Waals surface area contributed by atoms with Gasteiger partial charge >= 0.3 is 0 Å². The first-order valence-electron chi connectivity index (χ1n) is 5.93. The van der Waals surface area contributed by atoms with Gasteiger partial charge in [0.05, 0.1) is 0 Å². The largest absolute Gasteiger partial charge is 0.389 e. The third-order valence-corrected chi connectivity index (χ3v) is 4.17. The quantitative estimate of drug-likeness (QED) is 0.655. The minimum Gasteiger partial charge on any atom is -0.389 e. The second kappa shape index (κ2) is 5.27. The first-order chi connectivity index (χ1) is 8.15. The molecule has 0 spiro atoms. The standard InChI is InChI=1S/C13H18N2S2/c1-3-17-11-6-4-5-10(12(11)13(14)16)15(2)9-7-8-9/h4-6,9H,3,7-8H2,1-2H3,(H2,14,16). The average Bonchev–Trinajstić information content (AvgIpc) is 3.11. The molecule has 1 aromatic carbocycles. The molecule has 0 heterocycles. The van der Waals surface area contributed by atoms with Crippen molar-refractivity contribution in [2.75, 3.05) is 17.7 Å². The molecule has 92 valence electrons. The second-order valence-corrected chi connectivity index (χ2v) is 6.04. The molecular formula is C13H18N2S2. The zero-order valence-corrected chi connectivity index (χ0v) is 11.9. The highest BCUT2D eigenvalue weighted by Crippen LogP contribution is 2.36. The molecule has 2 rings (SSSR count). The van der Waals surface area contributed by atoms with Crippen LogP contribution in [0.2, 0.25) is 0 Å². The Morgan fingerprint density at radius 3 is 2.76 bits per heavy atom. The normalized spacial score (nSPS) is 14.7. The summed E-state index contributed by atoms with van der Waals surface area (Å²) >= 11 is 7.01. The Kier molecular flexibility index (Phi) is 3.94. The van der Waals surface area contributed by atoms with Crippen molar-refractivity contribution in [1.82, 2.24) is 0 Å². The molecule has 0 aliphatic heterocycles. The number of nitrogens with zero attached hydrogens (tertiary/aromatic N) is 1. The number of rotatable bonds is 5. The summed E-state index contributed by atoms with van der Waals surface area (Å²) in [6.07, 6.45) is 2.55. The van der Waals surface area contributed by atoms with E-state index < -0.39 is 0 Å². The summed E-state index contributed by atoms with van der Waals surface area (Å²) < 4.78 is 0. The van der Waals surface area contributed by atoms with Gasteiger partial charge in [0.15, 0.2) is 0 Å². The molecule has 0 saturated heterocycles. The highest BCUT2D eigenvalue weighted by molar-refractivity contribution is 7.99. The minimum atomic E-state index is 0.504. The van der Waals surface area contributed by atoms with Crippen molar-refractivity contribution in [2.45, 2.75) is 30.7 Å². The van der Waals surface area contributed by atoms with Crippen LogP contribution in [0.15, 0.2) is 23.1 Å². The van der Waals surface area contributed by atoms with Gasteiger partial charge in [0.25, 0.3) is 0 Å². The summed E-state index contributed by atoms with van der Waals surface area (Å²) in [6, 6.07) is 6.98. The van der Waals surface area contributed by atoms with Gasteiger partial charge in [-0.1, -0.05) is 25.2 Å². The lowest BCUT2D eigenvalue weighted by Crippen LogP contribution is -2.24. The molecule has 0 bridgehead atoms. The van der Waals surface area contributed by atoms with Crippen LogP contribution < -0.4 is 10.6 Å². The molecule has 0 aromatic heterocycles. The van der Waals surface area contributed by atoms with Crippen LogP contribution >= 0.6 is 24.0 Å². The van der Waals surface area contributed by atoms with E-state index in [-0.39, 0.29) is 0 Å². The maximum Gasteiger partial charge on any atom is 0.107 e. The smallest absolute Gasteiger partial charge is 0.107 e. The van der Waals surface area contributed by atoms with Crippen molar-refractivity contribution in [3.63, 3.8) is 0 Å². The number of thioether (sulfide) groups is 1. The summed E-state index contributed by atoms with van der Waals surface area (Å²) in [6.45, 7) is 2.14. The van der Waals surface area contributed by atoms with E-state index in [2.05, 4.69) is 37.1 Å². The van der Waals surface area contributed by atoms with Gasteiger partial charge in [-0.2, -0.15) is 0 Å². The van der Waals surface area contributed by atoms with Gasteiger partial charge < -0.3 is 10.6 Å². The number of hydrogen-bond acceptors (Lipinski definition) is 3. The highest BCUT2D eigenvalue weighted by Gasteiger charge is 2.28. The van der Waals surface area contributed by atoms with Gasteiger partial charge in [0.1, 0.15) is 4.99 Å². The molecular weight excluding hydrogens is 248 g/mol. The maximum atomic E-state index is 5.90. The number of benzene rings is 1. The predicted molar refractivity (Wildman–Crippen MR) is 80.2 cm³/mol. The van der Waals surface area contributed by atoms with E-state index in [1.165, 1.54) is 23.4 Å². The van der Waals surface area contributed by atoms with Gasteiger partial charge in [-0.15, -0.1) is 11.8 Å². The molecule has 4 heteroatoms. The molecule has 0 amide bonds. The Bertz CT molecular complexity index is 427. The Morgan fingerprint density at radius 1 is 1.53 bits per heavy atom. The third kappa shape index (κ3) is 2.75. The lowest BCUT2D eigenvalue weighted by atomic mass is 10.1. The topological polar surface area (TPSA) is 29.3 Å². The van der Waals surface area contributed by atoms with Crippen LogP contribution in [-0.2, 0) is 0 Å². The van der Waals surface area contributed by atoms with Crippen LogP contribution in [0.5, 0.6) is 0 Å². The maximum absolute atomic E-state index is 5.90. The highest BCUT2D eigenvalue weighted by atomic mass is 32.2. The van der Waals surface area contributed by atoms with Crippen LogP contribution in [0.4, 0.5) is 5.69 Å². The van der Waals surface area contributed by atoms with Crippen LogP contribution in [0.1, 0.15) is 25.3 Å². The summed E-state index contributed by atoms with van der Waals surface area (Å²) in [5, 5.41) is 0. The van der Waals surface area contributed by atoms with Crippen molar-refractivity contribution in [3.8, 4) is 0 Å². The number of hydrogen-bond donors (Lipinski definition) is 1. The first-order valence-corrected chi connectivity index (χ1v) is 7.33. The van der Waals surface area contributed by atoms with E-state index >= 15 is 0 Å². The van der Waals surface area contributed by atoms with Crippen LogP contribution in [0.3, 0.4) is 0 Å². The fraction of sp³-hybridized carbons (Fsp3) is 0.462. The fourth-order valence-electron chi connectivity index (χ4n) is 2.00. The first kappa shape index (κ1) is 12.7. The van der Waals surface area contributed by atoms with Crippen molar-refractivity contribution < 1.29 is 0 Å². The summed E-state index contributed by atoms with van der Waals surface area (Å²) in [7, 11) is 2.13. The predicted octanol–water partition coefficient (Wildman–Crippen LogP) is 3.03. The van der Waals surface area contributed by atoms with Crippen molar-refractivity contribution in [3.05, 3.63) is 23.8 Å². The van der Waals surface area contributed by atoms with Crippen molar-refractivity contribution >= 4 is 34.7 Å². The summed E-state index contributed by atoms with van der Waals surface area (Å²) in [5.74, 6) is 1.03. The molecule has 1 aliphatic carbocycles. The Labute approximate surface area is 113 Å². The molecule has 0 radical (unpaired) electrons. The van der Waals surface area contributed by atoms with Gasteiger partial charge in [0, 0.05) is 29.2 Å². The fourth-order valence-corrected chi connectivity index (χ4v) is 3.12. The molecule has 1 fully saturated rings. The lowest BCUT2D eigenvalue weighted by molar-refractivity contribution is 0.913. The van der Waals surface area contributed by atoms with Crippen molar-refractivity contribution in [2.24, 2.45) is 5.73 Å². The van der Waals surface area contributed by atoms with Gasteiger partial charge in [-0.3, -0.25) is 0 Å². The third-order valence-electron chi connectivity index (χ3n) is 3.03. The van der Waals surface area contributed by atoms with E-state index in [0.717, 1.165) is 11.3 Å². The summed E-state index contributed by atoms with van der Waals surface area (Å²) in [4.78, 5) is 4.02. The lowest BCUT2D eigenvalue weighted by Gasteiger charge is -2.23. The van der Waals surface area contributed by atoms with Gasteiger partial charge in [-0.25, -0.2) is 0 Å². The summed E-state index contributed by atoms with van der Waals surface area (Å²) in [5.41, 5.74) is 8.12. The van der Waals surface area contributed by atoms with Crippen LogP contribution in [-0.4, -0.2) is 23.8 Å². The van der Waals surface area contributed by atoms with Gasteiger partial charge in [-0.05, 0) is 30.7 Å². The molecule has 1 aliphatic rings. The zero-order chi connectivity index (χ0) is 12.4. The molecule has 17 heavy (non-hydrogen) atoms. The number of anilines is 1. The van der Waals surface area contributed by atoms with E-state index in [4.69, 9.17) is 18.0 Å². The minimum absolute atomic E-state index is 0.504. The van der Waals surface area contributed by atoms with E-state index in [1.54, 1.807) is 11.8 Å². The van der Waals surface area contributed by atoms with E-state index in [0.29, 0.717) is 11.0 Å². The molecule has 2 nitrogen and oxygen atoms in total. The molecule has 1 aromatic rings. The number of nitrogens with two attached hydrogens (primary N) is 1. The SMILES string of the molecule is CCSc1cccc(N(C)C2CC2)c1C(N)=S.